The van der Waals surface area contributed by atoms with Gasteiger partial charge >= 0.3 is 12.1 Å². The summed E-state index contributed by atoms with van der Waals surface area (Å²) in [4.78, 5) is 55.5. The van der Waals surface area contributed by atoms with Gasteiger partial charge in [-0.15, -0.1) is 6.42 Å². The average molecular weight is 645 g/mol. The van der Waals surface area contributed by atoms with Crippen molar-refractivity contribution in [3.63, 3.8) is 0 Å². The number of hydrogen-bond acceptors (Lipinski definition) is 14. The molecule has 2 amide bonds. The molecule has 0 radical (unpaired) electrons. The Labute approximate surface area is 266 Å². The number of hydrogen-bond donors (Lipinski definition) is 3. The fraction of sp³-hybridized carbons (Fsp3) is 0.552. The third-order valence-electron chi connectivity index (χ3n) is 6.30. The van der Waals surface area contributed by atoms with Crippen LogP contribution < -0.4 is 20.4 Å². The second-order valence-corrected chi connectivity index (χ2v) is 9.63. The van der Waals surface area contributed by atoms with Crippen molar-refractivity contribution in [3.8, 4) is 12.3 Å². The summed E-state index contributed by atoms with van der Waals surface area (Å²) in [6, 6.07) is 0. The first-order valence-corrected chi connectivity index (χ1v) is 14.7. The first-order chi connectivity index (χ1) is 22.5. The van der Waals surface area contributed by atoms with Gasteiger partial charge in [-0.25, -0.2) is 29.5 Å². The van der Waals surface area contributed by atoms with Gasteiger partial charge in [0.15, 0.2) is 6.61 Å². The van der Waals surface area contributed by atoms with Crippen LogP contribution in [-0.4, -0.2) is 135 Å². The van der Waals surface area contributed by atoms with Crippen LogP contribution in [0.1, 0.15) is 22.3 Å². The lowest BCUT2D eigenvalue weighted by Gasteiger charge is -2.34. The number of aromatic carboxylic acids is 1. The summed E-state index contributed by atoms with van der Waals surface area (Å²) in [5, 5.41) is 14.3. The van der Waals surface area contributed by atoms with E-state index in [0.717, 1.165) is 5.56 Å². The van der Waals surface area contributed by atoms with Gasteiger partial charge < -0.3 is 49.2 Å². The zero-order chi connectivity index (χ0) is 32.8. The molecule has 3 rings (SSSR count). The predicted molar refractivity (Wildman–Crippen MR) is 163 cm³/mol. The molecule has 3 heterocycles. The highest BCUT2D eigenvalue weighted by atomic mass is 16.6. The van der Waals surface area contributed by atoms with Crippen LogP contribution >= 0.6 is 0 Å². The van der Waals surface area contributed by atoms with Gasteiger partial charge in [0.05, 0.1) is 58.4 Å². The molecule has 1 saturated heterocycles. The number of nitrogens with one attached hydrogen (secondary N) is 2. The molecule has 0 bridgehead atoms. The van der Waals surface area contributed by atoms with Crippen LogP contribution in [0.3, 0.4) is 0 Å². The van der Waals surface area contributed by atoms with E-state index >= 15 is 0 Å². The maximum absolute atomic E-state index is 12.1. The molecule has 1 fully saturated rings. The Kier molecular flexibility index (Phi) is 16.5. The Morgan fingerprint density at radius 1 is 0.761 bits per heavy atom. The number of amides is 2. The largest absolute Gasteiger partial charge is 0.478 e. The summed E-state index contributed by atoms with van der Waals surface area (Å²) < 4.78 is 26.2. The first-order valence-electron chi connectivity index (χ1n) is 14.7. The van der Waals surface area contributed by atoms with E-state index in [-0.39, 0.29) is 31.1 Å². The number of aromatic nitrogens is 4. The van der Waals surface area contributed by atoms with Crippen molar-refractivity contribution in [1.29, 1.82) is 0 Å². The van der Waals surface area contributed by atoms with E-state index in [1.807, 2.05) is 9.80 Å². The van der Waals surface area contributed by atoms with E-state index in [1.165, 1.54) is 12.4 Å². The molecule has 1 aliphatic heterocycles. The number of carbonyl (C=O) groups excluding carboxylic acids is 2. The van der Waals surface area contributed by atoms with Crippen molar-refractivity contribution in [3.05, 3.63) is 35.9 Å². The minimum absolute atomic E-state index is 0.0487. The van der Waals surface area contributed by atoms with Crippen LogP contribution in [0.2, 0.25) is 0 Å². The van der Waals surface area contributed by atoms with Gasteiger partial charge in [0.25, 0.3) is 0 Å². The molecule has 2 aromatic heterocycles. The molecule has 0 spiro atoms. The zero-order valence-corrected chi connectivity index (χ0v) is 25.6. The summed E-state index contributed by atoms with van der Waals surface area (Å²) in [7, 11) is 0. The Morgan fingerprint density at radius 2 is 1.26 bits per heavy atom. The second kappa shape index (κ2) is 21.2. The number of nitrogens with zero attached hydrogens (tertiary/aromatic N) is 6. The van der Waals surface area contributed by atoms with Crippen molar-refractivity contribution in [2.24, 2.45) is 0 Å². The first kappa shape index (κ1) is 35.8. The Hall–Kier alpha value is -4.63. The van der Waals surface area contributed by atoms with E-state index in [9.17, 15) is 14.4 Å². The second-order valence-electron chi connectivity index (χ2n) is 9.63. The topological polar surface area (TPSA) is 200 Å². The number of anilines is 2. The Balaban J connectivity index is 1.13. The van der Waals surface area contributed by atoms with Gasteiger partial charge in [-0.2, -0.15) is 0 Å². The number of rotatable bonds is 21. The van der Waals surface area contributed by atoms with Crippen molar-refractivity contribution in [1.82, 2.24) is 30.6 Å². The van der Waals surface area contributed by atoms with E-state index in [0.29, 0.717) is 97.4 Å². The van der Waals surface area contributed by atoms with Crippen molar-refractivity contribution < 1.29 is 43.2 Å². The fourth-order valence-corrected chi connectivity index (χ4v) is 3.90. The van der Waals surface area contributed by atoms with E-state index in [4.69, 9.17) is 30.5 Å². The third kappa shape index (κ3) is 14.0. The number of ether oxygens (including phenoxy) is 5. The van der Waals surface area contributed by atoms with Crippen molar-refractivity contribution >= 4 is 29.9 Å². The Morgan fingerprint density at radius 3 is 1.78 bits per heavy atom. The van der Waals surface area contributed by atoms with Gasteiger partial charge in [0.2, 0.25) is 17.8 Å². The van der Waals surface area contributed by atoms with Gasteiger partial charge in [-0.1, -0.05) is 5.92 Å². The molecule has 17 nitrogen and oxygen atoms in total. The molecule has 17 heteroatoms. The molecule has 250 valence electrons. The average Bonchev–Trinajstić information content (AvgIpc) is 3.08. The molecule has 0 saturated carbocycles. The van der Waals surface area contributed by atoms with Gasteiger partial charge in [-0.3, -0.25) is 4.79 Å². The number of carbonyl (C=O) groups is 3. The summed E-state index contributed by atoms with van der Waals surface area (Å²) in [6.45, 7) is 6.10. The van der Waals surface area contributed by atoms with Crippen LogP contribution in [0.5, 0.6) is 0 Å². The van der Waals surface area contributed by atoms with Gasteiger partial charge in [0.1, 0.15) is 0 Å². The molecule has 2 aromatic rings. The molecular formula is C29H40N8O9. The lowest BCUT2D eigenvalue weighted by atomic mass is 10.3. The lowest BCUT2D eigenvalue weighted by molar-refractivity contribution is -0.122. The van der Waals surface area contributed by atoms with Crippen LogP contribution in [0, 0.1) is 12.3 Å². The molecule has 0 aliphatic carbocycles. The van der Waals surface area contributed by atoms with Gasteiger partial charge in [0, 0.05) is 76.0 Å². The highest BCUT2D eigenvalue weighted by molar-refractivity contribution is 5.86. The molecule has 0 atom stereocenters. The smallest absolute Gasteiger partial charge is 0.408 e. The maximum atomic E-state index is 12.1. The van der Waals surface area contributed by atoms with Crippen LogP contribution in [0.4, 0.5) is 16.7 Å². The van der Waals surface area contributed by atoms with E-state index < -0.39 is 12.1 Å². The number of carboxylic acids is 1. The van der Waals surface area contributed by atoms with Crippen molar-refractivity contribution in [2.45, 2.75) is 13.0 Å². The monoisotopic (exact) mass is 644 g/mol. The molecular weight excluding hydrogens is 604 g/mol. The van der Waals surface area contributed by atoms with Crippen LogP contribution in [0.25, 0.3) is 0 Å². The van der Waals surface area contributed by atoms with E-state index in [2.05, 4.69) is 41.2 Å². The minimum Gasteiger partial charge on any atom is -0.478 e. The summed E-state index contributed by atoms with van der Waals surface area (Å²) in [5.74, 6) is 2.08. The summed E-state index contributed by atoms with van der Waals surface area (Å²) in [6.07, 6.45) is 10.6. The fourth-order valence-electron chi connectivity index (χ4n) is 3.90. The molecule has 0 unspecified atom stereocenters. The lowest BCUT2D eigenvalue weighted by Crippen LogP contribution is -2.47. The van der Waals surface area contributed by atoms with Gasteiger partial charge in [-0.05, 0) is 0 Å². The molecule has 0 aromatic carbocycles. The summed E-state index contributed by atoms with van der Waals surface area (Å²) >= 11 is 0. The normalized spacial score (nSPS) is 12.8. The highest BCUT2D eigenvalue weighted by Crippen LogP contribution is 2.15. The number of terminal acetylenes is 1. The maximum Gasteiger partial charge on any atom is 0.408 e. The minimum atomic E-state index is -1.06. The molecule has 1 aliphatic rings. The van der Waals surface area contributed by atoms with Crippen molar-refractivity contribution in [2.75, 3.05) is 102 Å². The quantitative estimate of drug-likeness (QED) is 0.118. The standard InChI is InChI=1S/C29H40N8O9/c1-2-9-46-29(41)30-4-11-43-13-15-45-17-16-44-14-12-42-10-3-25(38)31-18-23-19-32-27(33-20-23)36-5-7-37(8-6-36)28-34-21-24(22-35-28)26(39)40/h1,19-22H,3-18H2,(H,30,41)(H,31,38)(H,39,40). The zero-order valence-electron chi connectivity index (χ0n) is 25.6. The molecule has 46 heavy (non-hydrogen) atoms. The SMILES string of the molecule is C#CCOC(=O)NCCOCCOCCOCCOCCC(=O)NCc1cnc(N2CCN(c3ncc(C(=O)O)cn3)CC2)nc1. The predicted octanol–water partition coefficient (Wildman–Crippen LogP) is -0.276. The number of alkyl carbamates (subject to hydrolysis) is 1. The molecule has 3 N–H and O–H groups in total. The third-order valence-corrected chi connectivity index (χ3v) is 6.30. The summed E-state index contributed by atoms with van der Waals surface area (Å²) in [5.41, 5.74) is 0.828. The number of carboxylic acid groups (broad SMARTS) is 1. The Bertz CT molecular complexity index is 1240. The van der Waals surface area contributed by atoms with Crippen LogP contribution in [-0.2, 0) is 35.0 Å². The van der Waals surface area contributed by atoms with Crippen LogP contribution in [0.15, 0.2) is 24.8 Å². The number of piperazine rings is 1. The highest BCUT2D eigenvalue weighted by Gasteiger charge is 2.21. The van der Waals surface area contributed by atoms with E-state index in [1.54, 1.807) is 12.4 Å².